The highest BCUT2D eigenvalue weighted by molar-refractivity contribution is 5.97. The van der Waals surface area contributed by atoms with Gasteiger partial charge in [0.25, 0.3) is 0 Å². The molecule has 1 unspecified atom stereocenters. The van der Waals surface area contributed by atoms with Crippen LogP contribution < -0.4 is 16.0 Å². The first-order chi connectivity index (χ1) is 9.09. The number of carbonyl (C=O) groups is 1. The number of halogens is 2. The number of nitrogens with two attached hydrogens (primary N) is 1. The van der Waals surface area contributed by atoms with Gasteiger partial charge in [0.15, 0.2) is 0 Å². The van der Waals surface area contributed by atoms with E-state index in [2.05, 4.69) is 23.3 Å². The Balaban J connectivity index is 0.00000200. The molecular weight excluding hydrogens is 309 g/mol. The summed E-state index contributed by atoms with van der Waals surface area (Å²) in [7, 11) is 2.10. The summed E-state index contributed by atoms with van der Waals surface area (Å²) in [4.78, 5) is 14.0. The lowest BCUT2D eigenvalue weighted by Crippen LogP contribution is -2.34. The van der Waals surface area contributed by atoms with Gasteiger partial charge in [-0.05, 0) is 31.9 Å². The molecule has 4 nitrogen and oxygen atoms in total. The molecular formula is C15H25Cl2N3O. The molecule has 1 aliphatic carbocycles. The van der Waals surface area contributed by atoms with Gasteiger partial charge in [0, 0.05) is 13.1 Å². The zero-order chi connectivity index (χ0) is 13.8. The number of benzene rings is 1. The van der Waals surface area contributed by atoms with Gasteiger partial charge in [-0.15, -0.1) is 24.8 Å². The second kappa shape index (κ2) is 9.13. The molecule has 21 heavy (non-hydrogen) atoms. The quantitative estimate of drug-likeness (QED) is 0.889. The maximum absolute atomic E-state index is 11.8. The zero-order valence-corrected chi connectivity index (χ0v) is 14.2. The molecule has 1 atom stereocenters. The van der Waals surface area contributed by atoms with Crippen molar-refractivity contribution in [3.63, 3.8) is 0 Å². The van der Waals surface area contributed by atoms with Gasteiger partial charge in [-0.2, -0.15) is 0 Å². The maximum Gasteiger partial charge on any atom is 0.241 e. The molecule has 3 N–H and O–H groups in total. The topological polar surface area (TPSA) is 58.4 Å². The predicted molar refractivity (Wildman–Crippen MR) is 93.9 cm³/mol. The molecule has 0 bridgehead atoms. The van der Waals surface area contributed by atoms with E-state index in [0.717, 1.165) is 11.4 Å². The minimum atomic E-state index is -0.496. The first kappa shape index (κ1) is 20.0. The minimum absolute atomic E-state index is 0. The average Bonchev–Trinajstić information content (AvgIpc) is 2.92. The number of amides is 1. The molecule has 1 fully saturated rings. The van der Waals surface area contributed by atoms with Crippen LogP contribution in [0, 0.1) is 0 Å². The molecule has 0 aromatic heterocycles. The molecule has 1 aromatic rings. The largest absolute Gasteiger partial charge is 0.370 e. The van der Waals surface area contributed by atoms with Crippen molar-refractivity contribution in [1.82, 2.24) is 0 Å². The lowest BCUT2D eigenvalue weighted by Gasteiger charge is -2.28. The van der Waals surface area contributed by atoms with Crippen LogP contribution in [-0.4, -0.2) is 25.0 Å². The molecule has 1 aromatic carbocycles. The number of nitrogens with one attached hydrogen (secondary N) is 1. The number of hydrogen-bond acceptors (Lipinski definition) is 3. The molecule has 0 radical (unpaired) electrons. The average molecular weight is 334 g/mol. The first-order valence-electron chi connectivity index (χ1n) is 6.98. The van der Waals surface area contributed by atoms with E-state index in [9.17, 15) is 4.79 Å². The Morgan fingerprint density at radius 3 is 2.43 bits per heavy atom. The van der Waals surface area contributed by atoms with Crippen molar-refractivity contribution in [3.8, 4) is 0 Å². The van der Waals surface area contributed by atoms with Gasteiger partial charge < -0.3 is 16.0 Å². The second-order valence-electron chi connectivity index (χ2n) is 5.34. The van der Waals surface area contributed by atoms with Crippen molar-refractivity contribution >= 4 is 42.1 Å². The predicted octanol–water partition coefficient (Wildman–Crippen LogP) is 3.19. The van der Waals surface area contributed by atoms with E-state index in [4.69, 9.17) is 5.73 Å². The van der Waals surface area contributed by atoms with Gasteiger partial charge >= 0.3 is 0 Å². The number of para-hydroxylation sites is 2. The highest BCUT2D eigenvalue weighted by Gasteiger charge is 2.22. The van der Waals surface area contributed by atoms with Crippen LogP contribution in [0.25, 0.3) is 0 Å². The van der Waals surface area contributed by atoms with Crippen molar-refractivity contribution in [1.29, 1.82) is 0 Å². The van der Waals surface area contributed by atoms with Crippen molar-refractivity contribution in [2.45, 2.75) is 44.7 Å². The van der Waals surface area contributed by atoms with Gasteiger partial charge in [0.05, 0.1) is 17.4 Å². The molecule has 1 amide bonds. The molecule has 0 aliphatic heterocycles. The molecule has 1 saturated carbocycles. The van der Waals surface area contributed by atoms with Crippen LogP contribution >= 0.6 is 24.8 Å². The Morgan fingerprint density at radius 1 is 1.29 bits per heavy atom. The molecule has 1 aliphatic rings. The summed E-state index contributed by atoms with van der Waals surface area (Å²) in [5.74, 6) is -0.146. The van der Waals surface area contributed by atoms with Crippen molar-refractivity contribution < 1.29 is 4.79 Å². The third kappa shape index (κ3) is 5.06. The fourth-order valence-corrected chi connectivity index (χ4v) is 2.62. The van der Waals surface area contributed by atoms with Crippen LogP contribution in [-0.2, 0) is 4.79 Å². The van der Waals surface area contributed by atoms with Crippen molar-refractivity contribution in [3.05, 3.63) is 24.3 Å². The summed E-state index contributed by atoms with van der Waals surface area (Å²) < 4.78 is 0. The highest BCUT2D eigenvalue weighted by Crippen LogP contribution is 2.31. The number of rotatable bonds is 4. The van der Waals surface area contributed by atoms with E-state index in [1.807, 2.05) is 18.2 Å². The van der Waals surface area contributed by atoms with Gasteiger partial charge in [-0.1, -0.05) is 25.0 Å². The van der Waals surface area contributed by atoms with Crippen LogP contribution in [0.1, 0.15) is 32.6 Å². The molecule has 0 heterocycles. The zero-order valence-electron chi connectivity index (χ0n) is 12.5. The lowest BCUT2D eigenvalue weighted by molar-refractivity contribution is -0.117. The fraction of sp³-hybridized carbons (Fsp3) is 0.533. The van der Waals surface area contributed by atoms with Crippen LogP contribution in [0.2, 0.25) is 0 Å². The van der Waals surface area contributed by atoms with Crippen LogP contribution in [0.4, 0.5) is 11.4 Å². The summed E-state index contributed by atoms with van der Waals surface area (Å²) in [5.41, 5.74) is 7.53. The summed E-state index contributed by atoms with van der Waals surface area (Å²) in [6, 6.07) is 8.00. The standard InChI is InChI=1S/C15H23N3O.2ClH/c1-11(16)15(19)17-13-9-5-6-10-14(13)18(2)12-7-3-4-8-12;;/h5-6,9-12H,3-4,7-8,16H2,1-2H3,(H,17,19);2*1H. The maximum atomic E-state index is 11.8. The Bertz CT molecular complexity index is 448. The summed E-state index contributed by atoms with van der Waals surface area (Å²) in [6.07, 6.45) is 5.05. The number of hydrogen-bond donors (Lipinski definition) is 2. The van der Waals surface area contributed by atoms with E-state index in [0.29, 0.717) is 6.04 Å². The summed E-state index contributed by atoms with van der Waals surface area (Å²) >= 11 is 0. The third-order valence-corrected chi connectivity index (χ3v) is 3.83. The third-order valence-electron chi connectivity index (χ3n) is 3.83. The first-order valence-corrected chi connectivity index (χ1v) is 6.98. The van der Waals surface area contributed by atoms with E-state index in [1.165, 1.54) is 25.7 Å². The summed E-state index contributed by atoms with van der Waals surface area (Å²) in [6.45, 7) is 1.69. The van der Waals surface area contributed by atoms with Crippen LogP contribution in [0.5, 0.6) is 0 Å². The molecule has 0 spiro atoms. The van der Waals surface area contributed by atoms with E-state index < -0.39 is 6.04 Å². The van der Waals surface area contributed by atoms with Crippen molar-refractivity contribution in [2.75, 3.05) is 17.3 Å². The monoisotopic (exact) mass is 333 g/mol. The minimum Gasteiger partial charge on any atom is -0.370 e. The number of anilines is 2. The fourth-order valence-electron chi connectivity index (χ4n) is 2.62. The Morgan fingerprint density at radius 2 is 1.86 bits per heavy atom. The normalized spacial score (nSPS) is 15.6. The number of nitrogens with zero attached hydrogens (tertiary/aromatic N) is 1. The van der Waals surface area contributed by atoms with Gasteiger partial charge in [0.1, 0.15) is 0 Å². The van der Waals surface area contributed by atoms with E-state index >= 15 is 0 Å². The van der Waals surface area contributed by atoms with Gasteiger partial charge in [0.2, 0.25) is 5.91 Å². The van der Waals surface area contributed by atoms with Crippen LogP contribution in [0.15, 0.2) is 24.3 Å². The Labute approximate surface area is 139 Å². The smallest absolute Gasteiger partial charge is 0.241 e. The number of carbonyl (C=O) groups excluding carboxylic acids is 1. The Kier molecular flexibility index (Phi) is 8.71. The second-order valence-corrected chi connectivity index (χ2v) is 5.34. The SMILES string of the molecule is CC(N)C(=O)Nc1ccccc1N(C)C1CCCC1.Cl.Cl. The van der Waals surface area contributed by atoms with Gasteiger partial charge in [-0.25, -0.2) is 0 Å². The van der Waals surface area contributed by atoms with E-state index in [1.54, 1.807) is 6.92 Å². The van der Waals surface area contributed by atoms with Gasteiger partial charge in [-0.3, -0.25) is 4.79 Å². The lowest BCUT2D eigenvalue weighted by atomic mass is 10.1. The summed E-state index contributed by atoms with van der Waals surface area (Å²) in [5, 5.41) is 2.91. The highest BCUT2D eigenvalue weighted by atomic mass is 35.5. The van der Waals surface area contributed by atoms with E-state index in [-0.39, 0.29) is 30.7 Å². The van der Waals surface area contributed by atoms with Crippen molar-refractivity contribution in [2.24, 2.45) is 5.73 Å². The molecule has 6 heteroatoms. The van der Waals surface area contributed by atoms with Crippen LogP contribution in [0.3, 0.4) is 0 Å². The molecule has 0 saturated heterocycles. The molecule has 2 rings (SSSR count). The Hall–Kier alpha value is -0.970. The molecule has 120 valence electrons.